The molecule has 21 heavy (non-hydrogen) atoms. The smallest absolute Gasteiger partial charge is 0.157 e. The summed E-state index contributed by atoms with van der Waals surface area (Å²) in [6.45, 7) is 0. The number of nitrogens with one attached hydrogen (secondary N) is 1. The lowest BCUT2D eigenvalue weighted by molar-refractivity contribution is 0.628. The molecular formula is C16H11FN4. The van der Waals surface area contributed by atoms with Crippen LogP contribution in [0.1, 0.15) is 0 Å². The Bertz CT molecular complexity index is 945. The number of hydrogen-bond donors (Lipinski definition) is 1. The van der Waals surface area contributed by atoms with Gasteiger partial charge in [-0.2, -0.15) is 0 Å². The van der Waals surface area contributed by atoms with Crippen LogP contribution in [0, 0.1) is 5.82 Å². The van der Waals surface area contributed by atoms with Crippen LogP contribution in [0.2, 0.25) is 0 Å². The number of benzene rings is 2. The zero-order valence-corrected chi connectivity index (χ0v) is 11.0. The van der Waals surface area contributed by atoms with Crippen LogP contribution < -0.4 is 5.32 Å². The van der Waals surface area contributed by atoms with E-state index in [1.165, 1.54) is 12.1 Å². The maximum atomic E-state index is 13.3. The molecule has 0 radical (unpaired) electrons. The summed E-state index contributed by atoms with van der Waals surface area (Å²) in [5.74, 6) is 0.363. The Morgan fingerprint density at radius 1 is 1.00 bits per heavy atom. The molecule has 0 saturated heterocycles. The van der Waals surface area contributed by atoms with Gasteiger partial charge in [-0.15, -0.1) is 0 Å². The highest BCUT2D eigenvalue weighted by molar-refractivity contribution is 5.85. The van der Waals surface area contributed by atoms with E-state index in [1.54, 1.807) is 24.7 Å². The summed E-state index contributed by atoms with van der Waals surface area (Å²) in [6, 6.07) is 14.1. The van der Waals surface area contributed by atoms with Crippen molar-refractivity contribution in [3.05, 3.63) is 66.9 Å². The second-order valence-corrected chi connectivity index (χ2v) is 4.73. The van der Waals surface area contributed by atoms with Gasteiger partial charge in [-0.3, -0.25) is 4.40 Å². The monoisotopic (exact) mass is 278 g/mol. The molecule has 1 N–H and O–H groups in total. The number of rotatable bonds is 2. The molecule has 0 fully saturated rings. The van der Waals surface area contributed by atoms with E-state index >= 15 is 0 Å². The molecule has 2 heterocycles. The van der Waals surface area contributed by atoms with Crippen molar-refractivity contribution in [3.63, 3.8) is 0 Å². The molecule has 4 aromatic rings. The van der Waals surface area contributed by atoms with Crippen molar-refractivity contribution in [1.82, 2.24) is 14.4 Å². The first-order valence-electron chi connectivity index (χ1n) is 6.55. The molecule has 0 atom stereocenters. The van der Waals surface area contributed by atoms with Crippen molar-refractivity contribution >= 4 is 28.1 Å². The summed E-state index contributed by atoms with van der Waals surface area (Å²) >= 11 is 0. The molecule has 0 unspecified atom stereocenters. The Labute approximate surface area is 119 Å². The van der Waals surface area contributed by atoms with Gasteiger partial charge in [0.15, 0.2) is 5.82 Å². The molecular weight excluding hydrogens is 267 g/mol. The molecule has 0 aliphatic rings. The average Bonchev–Trinajstić information content (AvgIpc) is 2.97. The van der Waals surface area contributed by atoms with Crippen LogP contribution in [-0.2, 0) is 0 Å². The highest BCUT2D eigenvalue weighted by Gasteiger charge is 2.08. The Morgan fingerprint density at radius 2 is 1.90 bits per heavy atom. The first-order chi connectivity index (χ1) is 10.3. The van der Waals surface area contributed by atoms with E-state index in [4.69, 9.17) is 0 Å². The van der Waals surface area contributed by atoms with Gasteiger partial charge in [-0.25, -0.2) is 14.4 Å². The van der Waals surface area contributed by atoms with E-state index in [2.05, 4.69) is 15.3 Å². The van der Waals surface area contributed by atoms with Crippen molar-refractivity contribution in [2.75, 3.05) is 5.32 Å². The van der Waals surface area contributed by atoms with Crippen molar-refractivity contribution < 1.29 is 4.39 Å². The van der Waals surface area contributed by atoms with E-state index in [0.717, 1.165) is 16.6 Å². The Hall–Kier alpha value is -2.95. The van der Waals surface area contributed by atoms with E-state index in [-0.39, 0.29) is 5.82 Å². The predicted molar refractivity (Wildman–Crippen MR) is 80.2 cm³/mol. The van der Waals surface area contributed by atoms with Crippen LogP contribution in [0.15, 0.2) is 61.1 Å². The summed E-state index contributed by atoms with van der Waals surface area (Å²) in [7, 11) is 0. The minimum Gasteiger partial charge on any atom is -0.338 e. The molecule has 0 saturated carbocycles. The van der Waals surface area contributed by atoms with Crippen LogP contribution in [0.5, 0.6) is 0 Å². The molecule has 0 bridgehead atoms. The summed E-state index contributed by atoms with van der Waals surface area (Å²) in [6.07, 6.45) is 3.48. The fourth-order valence-corrected chi connectivity index (χ4v) is 2.40. The van der Waals surface area contributed by atoms with Crippen LogP contribution >= 0.6 is 0 Å². The third kappa shape index (κ3) is 1.99. The summed E-state index contributed by atoms with van der Waals surface area (Å²) in [5, 5.41) is 3.15. The maximum absolute atomic E-state index is 13.3. The van der Waals surface area contributed by atoms with Gasteiger partial charge in [0.1, 0.15) is 11.3 Å². The Morgan fingerprint density at radius 3 is 2.81 bits per heavy atom. The zero-order valence-electron chi connectivity index (χ0n) is 11.0. The Balaban J connectivity index is 1.92. The third-order valence-electron chi connectivity index (χ3n) is 3.34. The van der Waals surface area contributed by atoms with Crippen LogP contribution in [0.3, 0.4) is 0 Å². The number of nitrogens with zero attached hydrogens (tertiary/aromatic N) is 3. The van der Waals surface area contributed by atoms with Crippen LogP contribution in [0.25, 0.3) is 16.6 Å². The molecule has 0 aliphatic heterocycles. The summed E-state index contributed by atoms with van der Waals surface area (Å²) in [4.78, 5) is 8.79. The molecule has 0 amide bonds. The second-order valence-electron chi connectivity index (χ2n) is 4.73. The summed E-state index contributed by atoms with van der Waals surface area (Å²) in [5.41, 5.74) is 3.33. The first kappa shape index (κ1) is 11.8. The highest BCUT2D eigenvalue weighted by Crippen LogP contribution is 2.24. The number of fused-ring (bicyclic) bond motifs is 3. The maximum Gasteiger partial charge on any atom is 0.157 e. The van der Waals surface area contributed by atoms with Crippen molar-refractivity contribution in [3.8, 4) is 0 Å². The number of imidazole rings is 1. The quantitative estimate of drug-likeness (QED) is 0.607. The van der Waals surface area contributed by atoms with Crippen LogP contribution in [-0.4, -0.2) is 14.4 Å². The van der Waals surface area contributed by atoms with Gasteiger partial charge in [0.2, 0.25) is 0 Å². The third-order valence-corrected chi connectivity index (χ3v) is 3.34. The second kappa shape index (κ2) is 4.56. The van der Waals surface area contributed by atoms with Gasteiger partial charge >= 0.3 is 0 Å². The van der Waals surface area contributed by atoms with Gasteiger partial charge < -0.3 is 5.32 Å². The largest absolute Gasteiger partial charge is 0.338 e. The van der Waals surface area contributed by atoms with Gasteiger partial charge in [0.05, 0.1) is 23.6 Å². The zero-order chi connectivity index (χ0) is 14.2. The number of aromatic nitrogens is 3. The lowest BCUT2D eigenvalue weighted by atomic mass is 10.3. The molecule has 4 rings (SSSR count). The van der Waals surface area contributed by atoms with Crippen LogP contribution in [0.4, 0.5) is 15.9 Å². The van der Waals surface area contributed by atoms with E-state index in [0.29, 0.717) is 11.5 Å². The molecule has 0 spiro atoms. The lowest BCUT2D eigenvalue weighted by Crippen LogP contribution is -1.99. The Kier molecular flexibility index (Phi) is 2.57. The molecule has 2 aromatic carbocycles. The minimum absolute atomic E-state index is 0.287. The van der Waals surface area contributed by atoms with Gasteiger partial charge in [0.25, 0.3) is 0 Å². The van der Waals surface area contributed by atoms with Crippen molar-refractivity contribution in [2.24, 2.45) is 0 Å². The molecule has 5 heteroatoms. The van der Waals surface area contributed by atoms with Crippen molar-refractivity contribution in [2.45, 2.75) is 0 Å². The van der Waals surface area contributed by atoms with Gasteiger partial charge in [-0.1, -0.05) is 18.2 Å². The van der Waals surface area contributed by atoms with E-state index in [1.807, 2.05) is 28.7 Å². The normalized spacial score (nSPS) is 11.1. The minimum atomic E-state index is -0.287. The fourth-order valence-electron chi connectivity index (χ4n) is 2.40. The molecule has 0 aliphatic carbocycles. The predicted octanol–water partition coefficient (Wildman–Crippen LogP) is 3.77. The fraction of sp³-hybridized carbons (Fsp3) is 0. The lowest BCUT2D eigenvalue weighted by Gasteiger charge is -2.10. The van der Waals surface area contributed by atoms with Gasteiger partial charge in [0, 0.05) is 5.69 Å². The number of para-hydroxylation sites is 2. The topological polar surface area (TPSA) is 42.2 Å². The highest BCUT2D eigenvalue weighted by atomic mass is 19.1. The number of hydrogen-bond acceptors (Lipinski definition) is 3. The molecule has 4 nitrogen and oxygen atoms in total. The van der Waals surface area contributed by atoms with Crippen molar-refractivity contribution in [1.29, 1.82) is 0 Å². The van der Waals surface area contributed by atoms with E-state index < -0.39 is 0 Å². The standard InChI is InChI=1S/C16H11FN4/c17-11-4-3-5-12(8-11)19-16-15-9-18-10-21(15)14-7-2-1-6-13(14)20-16/h1-10H,(H,19,20). The van der Waals surface area contributed by atoms with Gasteiger partial charge in [-0.05, 0) is 30.3 Å². The average molecular weight is 278 g/mol. The van der Waals surface area contributed by atoms with E-state index in [9.17, 15) is 4.39 Å². The molecule has 102 valence electrons. The SMILES string of the molecule is Fc1cccc(Nc2nc3ccccc3n3cncc23)c1. The number of halogens is 1. The number of anilines is 2. The molecule has 2 aromatic heterocycles. The summed E-state index contributed by atoms with van der Waals surface area (Å²) < 4.78 is 15.3. The first-order valence-corrected chi connectivity index (χ1v) is 6.55.